The van der Waals surface area contributed by atoms with E-state index in [2.05, 4.69) is 26.3 Å². The van der Waals surface area contributed by atoms with Crippen LogP contribution in [-0.4, -0.2) is 62.5 Å². The van der Waals surface area contributed by atoms with Crippen molar-refractivity contribution >= 4 is 46.7 Å². The monoisotopic (exact) mass is 593 g/mol. The maximum atomic E-state index is 12.9. The van der Waals surface area contributed by atoms with Crippen molar-refractivity contribution in [3.8, 4) is 0 Å². The maximum Gasteiger partial charge on any atom is 0.272 e. The summed E-state index contributed by atoms with van der Waals surface area (Å²) in [6, 6.07) is 6.06. The largest absolute Gasteiger partial charge is 0.388 e. The summed E-state index contributed by atoms with van der Waals surface area (Å²) in [6.07, 6.45) is 5.31. The predicted molar refractivity (Wildman–Crippen MR) is 164 cm³/mol. The van der Waals surface area contributed by atoms with Crippen LogP contribution in [0.1, 0.15) is 81.5 Å². The second kappa shape index (κ2) is 15.0. The molecule has 4 amide bonds. The Morgan fingerprint density at radius 1 is 0.721 bits per heavy atom. The molecule has 0 aliphatic rings. The minimum atomic E-state index is -0.505. The lowest BCUT2D eigenvalue weighted by Crippen LogP contribution is -2.29. The lowest BCUT2D eigenvalue weighted by Gasteiger charge is -2.08. The van der Waals surface area contributed by atoms with Gasteiger partial charge in [0, 0.05) is 51.4 Å². The van der Waals surface area contributed by atoms with Crippen LogP contribution < -0.4 is 32.7 Å². The number of H-pyrrole nitrogens is 1. The summed E-state index contributed by atoms with van der Waals surface area (Å²) in [6.45, 7) is 5.48. The van der Waals surface area contributed by atoms with Crippen LogP contribution in [0, 0.1) is 10.8 Å². The first-order valence-corrected chi connectivity index (χ1v) is 14.0. The Hall–Kier alpha value is -5.34. The molecule has 0 aromatic carbocycles. The number of rotatable bonds is 16. The van der Waals surface area contributed by atoms with Crippen LogP contribution in [-0.2, 0) is 13.1 Å². The van der Waals surface area contributed by atoms with Gasteiger partial charge in [0.25, 0.3) is 23.6 Å². The van der Waals surface area contributed by atoms with Gasteiger partial charge in [-0.2, -0.15) is 0 Å². The van der Waals surface area contributed by atoms with Crippen molar-refractivity contribution < 1.29 is 19.2 Å². The molecule has 0 saturated carbocycles. The van der Waals surface area contributed by atoms with Gasteiger partial charge in [-0.1, -0.05) is 13.8 Å². The van der Waals surface area contributed by atoms with Gasteiger partial charge in [0.05, 0.1) is 23.0 Å². The highest BCUT2D eigenvalue weighted by molar-refractivity contribution is 6.08. The Morgan fingerprint density at radius 2 is 1.12 bits per heavy atom. The van der Waals surface area contributed by atoms with Gasteiger partial charge in [0.15, 0.2) is 0 Å². The van der Waals surface area contributed by atoms with E-state index >= 15 is 0 Å². The Morgan fingerprint density at radius 3 is 1.47 bits per heavy atom. The van der Waals surface area contributed by atoms with Crippen molar-refractivity contribution in [1.82, 2.24) is 24.8 Å². The Labute approximate surface area is 248 Å². The second-order valence-corrected chi connectivity index (χ2v) is 9.87. The van der Waals surface area contributed by atoms with E-state index < -0.39 is 11.8 Å². The molecule has 15 nitrogen and oxygen atoms in total. The third kappa shape index (κ3) is 9.08. The summed E-state index contributed by atoms with van der Waals surface area (Å²) in [5.41, 5.74) is 12.5. The van der Waals surface area contributed by atoms with Crippen molar-refractivity contribution in [2.24, 2.45) is 11.5 Å². The zero-order chi connectivity index (χ0) is 31.5. The van der Waals surface area contributed by atoms with Crippen molar-refractivity contribution in [3.05, 3.63) is 59.4 Å². The molecule has 3 heterocycles. The van der Waals surface area contributed by atoms with Crippen LogP contribution >= 0.6 is 0 Å². The number of hydrogen-bond donors (Lipinski definition) is 9. The fraction of sp³-hybridized carbons (Fsp3) is 0.357. The molecule has 0 aliphatic heterocycles. The number of aryl methyl sites for hydroxylation is 2. The van der Waals surface area contributed by atoms with E-state index in [0.29, 0.717) is 35.9 Å². The topological polar surface area (TPSA) is 242 Å². The van der Waals surface area contributed by atoms with Gasteiger partial charge in [-0.3, -0.25) is 30.0 Å². The molecule has 0 unspecified atom stereocenters. The number of aromatic amines is 1. The van der Waals surface area contributed by atoms with Crippen LogP contribution in [0.25, 0.3) is 0 Å². The minimum Gasteiger partial charge on any atom is -0.388 e. The summed E-state index contributed by atoms with van der Waals surface area (Å²) in [5, 5.41) is 25.5. The van der Waals surface area contributed by atoms with Crippen molar-refractivity contribution in [3.63, 3.8) is 0 Å². The average Bonchev–Trinajstić information content (AvgIpc) is 3.68. The number of aromatic nitrogens is 3. The van der Waals surface area contributed by atoms with Crippen molar-refractivity contribution in [2.75, 3.05) is 23.7 Å². The molecular formula is C28H39N11O4. The van der Waals surface area contributed by atoms with Gasteiger partial charge < -0.3 is 46.9 Å². The molecule has 0 saturated heterocycles. The molecule has 3 aromatic rings. The minimum absolute atomic E-state index is 0.0271. The Balaban J connectivity index is 1.67. The SMILES string of the molecule is CCCn1cc(NC(=O)c2ccc(C(=O)Nc3cc(C(=O)NCCC(=N)N)n(CCC)c3)[nH]2)cc1C(=O)NCCC(=N)N. The smallest absolute Gasteiger partial charge is 0.272 e. The first-order valence-electron chi connectivity index (χ1n) is 14.0. The lowest BCUT2D eigenvalue weighted by molar-refractivity contribution is 0.0937. The first-order chi connectivity index (χ1) is 20.5. The third-order valence-corrected chi connectivity index (χ3v) is 6.24. The van der Waals surface area contributed by atoms with Gasteiger partial charge in [-0.15, -0.1) is 0 Å². The number of amidine groups is 2. The highest BCUT2D eigenvalue weighted by Gasteiger charge is 2.19. The summed E-state index contributed by atoms with van der Waals surface area (Å²) in [5.74, 6) is -1.76. The van der Waals surface area contributed by atoms with Crippen molar-refractivity contribution in [2.45, 2.75) is 52.6 Å². The van der Waals surface area contributed by atoms with E-state index in [4.69, 9.17) is 22.3 Å². The van der Waals surface area contributed by atoms with Crippen LogP contribution in [0.5, 0.6) is 0 Å². The molecule has 0 bridgehead atoms. The third-order valence-electron chi connectivity index (χ3n) is 6.24. The summed E-state index contributed by atoms with van der Waals surface area (Å²) >= 11 is 0. The predicted octanol–water partition coefficient (Wildman–Crippen LogP) is 2.05. The van der Waals surface area contributed by atoms with Gasteiger partial charge in [0.1, 0.15) is 22.8 Å². The van der Waals surface area contributed by atoms with Gasteiger partial charge in [-0.05, 0) is 37.1 Å². The summed E-state index contributed by atoms with van der Waals surface area (Å²) < 4.78 is 3.46. The van der Waals surface area contributed by atoms with E-state index in [0.717, 1.165) is 12.8 Å². The van der Waals surface area contributed by atoms with Crippen molar-refractivity contribution in [1.29, 1.82) is 10.8 Å². The van der Waals surface area contributed by atoms with Gasteiger partial charge in [-0.25, -0.2) is 0 Å². The number of carbonyl (C=O) groups is 4. The van der Waals surface area contributed by atoms with Crippen LogP contribution in [0.15, 0.2) is 36.7 Å². The fourth-order valence-corrected chi connectivity index (χ4v) is 4.25. The van der Waals surface area contributed by atoms with E-state index in [-0.39, 0.29) is 60.8 Å². The molecule has 0 radical (unpaired) electrons. The Bertz CT molecular complexity index is 1390. The second-order valence-electron chi connectivity index (χ2n) is 9.87. The average molecular weight is 594 g/mol. The quantitative estimate of drug-likeness (QED) is 0.0888. The fourth-order valence-electron chi connectivity index (χ4n) is 4.25. The van der Waals surface area contributed by atoms with Gasteiger partial charge >= 0.3 is 0 Å². The van der Waals surface area contributed by atoms with E-state index in [1.54, 1.807) is 33.7 Å². The normalized spacial score (nSPS) is 10.7. The van der Waals surface area contributed by atoms with Crippen LogP contribution in [0.3, 0.4) is 0 Å². The molecule has 0 fully saturated rings. The number of nitrogens with two attached hydrogens (primary N) is 2. The first kappa shape index (κ1) is 32.2. The summed E-state index contributed by atoms with van der Waals surface area (Å²) in [4.78, 5) is 54.0. The number of nitrogens with zero attached hydrogens (tertiary/aromatic N) is 2. The number of anilines is 2. The standard InChI is InChI=1S/C28H39N11O4/c1-3-11-38-15-17(13-21(38)27(42)33-9-7-23(29)30)35-25(40)19-5-6-20(37-19)26(41)36-18-14-22(39(16-18)12-4-2)28(43)34-10-8-24(31)32/h5-6,13-16,37H,3-4,7-12H2,1-2H3,(H3,29,30)(H3,31,32)(H,33,42)(H,34,43)(H,35,40)(H,36,41). The molecule has 43 heavy (non-hydrogen) atoms. The van der Waals surface area contributed by atoms with Crippen LogP contribution in [0.4, 0.5) is 11.4 Å². The van der Waals surface area contributed by atoms with Crippen LogP contribution in [0.2, 0.25) is 0 Å². The highest BCUT2D eigenvalue weighted by Crippen LogP contribution is 2.18. The van der Waals surface area contributed by atoms with E-state index in [1.807, 2.05) is 13.8 Å². The zero-order valence-electron chi connectivity index (χ0n) is 24.3. The molecule has 11 N–H and O–H groups in total. The highest BCUT2D eigenvalue weighted by atomic mass is 16.2. The number of carbonyl (C=O) groups excluding carboxylic acids is 4. The molecule has 0 atom stereocenters. The number of hydrogen-bond acceptors (Lipinski definition) is 6. The number of nitrogens with one attached hydrogen (secondary N) is 7. The van der Waals surface area contributed by atoms with E-state index in [9.17, 15) is 19.2 Å². The van der Waals surface area contributed by atoms with E-state index in [1.165, 1.54) is 12.1 Å². The molecule has 15 heteroatoms. The zero-order valence-corrected chi connectivity index (χ0v) is 24.3. The molecule has 0 spiro atoms. The molecule has 0 aliphatic carbocycles. The lowest BCUT2D eigenvalue weighted by atomic mass is 10.3. The molecule has 3 rings (SSSR count). The Kier molecular flexibility index (Phi) is 11.3. The number of amides is 4. The maximum absolute atomic E-state index is 12.9. The summed E-state index contributed by atoms with van der Waals surface area (Å²) in [7, 11) is 0. The molecule has 3 aromatic heterocycles. The molecule has 230 valence electrons. The molecular weight excluding hydrogens is 554 g/mol. The van der Waals surface area contributed by atoms with Gasteiger partial charge in [0.2, 0.25) is 0 Å².